The van der Waals surface area contributed by atoms with E-state index in [1.54, 1.807) is 0 Å². The topological polar surface area (TPSA) is 52.0 Å². The van der Waals surface area contributed by atoms with Crippen molar-refractivity contribution >= 4 is 0 Å². The Balaban J connectivity index is 2.22. The first-order chi connectivity index (χ1) is 7.64. The highest BCUT2D eigenvalue weighted by Crippen LogP contribution is 2.36. The Morgan fingerprint density at radius 1 is 1.25 bits per heavy atom. The Morgan fingerprint density at radius 3 is 2.56 bits per heavy atom. The Kier molecular flexibility index (Phi) is 3.31. The molecular weight excluding hydrogens is 196 g/mol. The molecule has 1 saturated carbocycles. The Bertz CT molecular complexity index is 336. The molecule has 2 nitrogen and oxygen atoms in total. The van der Waals surface area contributed by atoms with E-state index < -0.39 is 0 Å². The van der Waals surface area contributed by atoms with E-state index in [9.17, 15) is 0 Å². The number of hydrogen-bond acceptors (Lipinski definition) is 2. The fourth-order valence-corrected chi connectivity index (χ4v) is 2.84. The summed E-state index contributed by atoms with van der Waals surface area (Å²) >= 11 is 0. The van der Waals surface area contributed by atoms with Crippen molar-refractivity contribution in [3.8, 4) is 0 Å². The summed E-state index contributed by atoms with van der Waals surface area (Å²) in [6.45, 7) is 2.21. The van der Waals surface area contributed by atoms with Gasteiger partial charge in [0.05, 0.1) is 0 Å². The van der Waals surface area contributed by atoms with E-state index in [0.29, 0.717) is 5.92 Å². The third-order valence-electron chi connectivity index (χ3n) is 4.17. The minimum atomic E-state index is -0.223. The summed E-state index contributed by atoms with van der Waals surface area (Å²) in [6, 6.07) is 10.6. The molecule has 2 rings (SSSR count). The molecule has 88 valence electrons. The molecule has 0 aliphatic heterocycles. The van der Waals surface area contributed by atoms with Crippen LogP contribution in [-0.4, -0.2) is 11.6 Å². The van der Waals surface area contributed by atoms with Crippen LogP contribution >= 0.6 is 0 Å². The monoisotopic (exact) mass is 218 g/mol. The second kappa shape index (κ2) is 4.56. The van der Waals surface area contributed by atoms with Gasteiger partial charge in [-0.25, -0.2) is 0 Å². The van der Waals surface area contributed by atoms with Gasteiger partial charge in [-0.15, -0.1) is 0 Å². The quantitative estimate of drug-likeness (QED) is 0.800. The van der Waals surface area contributed by atoms with Gasteiger partial charge in [0.15, 0.2) is 0 Å². The van der Waals surface area contributed by atoms with E-state index in [1.807, 2.05) is 6.07 Å². The molecule has 1 aromatic carbocycles. The molecule has 1 aromatic rings. The Hall–Kier alpha value is -0.860. The van der Waals surface area contributed by atoms with E-state index in [0.717, 1.165) is 12.8 Å². The molecule has 0 spiro atoms. The lowest BCUT2D eigenvalue weighted by Gasteiger charge is -2.44. The van der Waals surface area contributed by atoms with Crippen LogP contribution in [0, 0.1) is 0 Å². The lowest BCUT2D eigenvalue weighted by Crippen LogP contribution is -2.60. The molecule has 0 radical (unpaired) electrons. The Labute approximate surface area is 98.0 Å². The van der Waals surface area contributed by atoms with Crippen molar-refractivity contribution in [3.05, 3.63) is 35.9 Å². The molecule has 1 aliphatic carbocycles. The predicted molar refractivity (Wildman–Crippen MR) is 68.2 cm³/mol. The minimum Gasteiger partial charge on any atom is -0.326 e. The molecule has 16 heavy (non-hydrogen) atoms. The third kappa shape index (κ3) is 2.00. The summed E-state index contributed by atoms with van der Waals surface area (Å²) in [5.41, 5.74) is 13.9. The maximum absolute atomic E-state index is 6.55. The second-order valence-corrected chi connectivity index (χ2v) is 5.10. The van der Waals surface area contributed by atoms with Crippen LogP contribution in [0.25, 0.3) is 0 Å². The van der Waals surface area contributed by atoms with E-state index in [1.165, 1.54) is 18.4 Å². The lowest BCUT2D eigenvalue weighted by molar-refractivity contribution is 0.218. The van der Waals surface area contributed by atoms with Crippen molar-refractivity contribution in [1.82, 2.24) is 0 Å². The van der Waals surface area contributed by atoms with Crippen molar-refractivity contribution in [2.45, 2.75) is 50.1 Å². The smallest absolute Gasteiger partial charge is 0.0374 e. The highest BCUT2D eigenvalue weighted by molar-refractivity contribution is 5.24. The zero-order valence-corrected chi connectivity index (χ0v) is 10.0. The summed E-state index contributed by atoms with van der Waals surface area (Å²) in [4.78, 5) is 0. The lowest BCUT2D eigenvalue weighted by atomic mass is 9.69. The normalized spacial score (nSPS) is 32.3. The maximum Gasteiger partial charge on any atom is 0.0374 e. The van der Waals surface area contributed by atoms with Crippen LogP contribution in [0.3, 0.4) is 0 Å². The molecule has 1 aliphatic rings. The SMILES string of the molecule is C[C@H](c1ccccc1)C1(N)CCCCC1N. The second-order valence-electron chi connectivity index (χ2n) is 5.10. The van der Waals surface area contributed by atoms with Gasteiger partial charge >= 0.3 is 0 Å². The van der Waals surface area contributed by atoms with Gasteiger partial charge in [0.25, 0.3) is 0 Å². The molecular formula is C14H22N2. The highest BCUT2D eigenvalue weighted by atomic mass is 14.9. The van der Waals surface area contributed by atoms with Crippen LogP contribution in [-0.2, 0) is 0 Å². The zero-order chi connectivity index (χ0) is 11.6. The largest absolute Gasteiger partial charge is 0.326 e. The molecule has 0 heterocycles. The van der Waals surface area contributed by atoms with Crippen molar-refractivity contribution < 1.29 is 0 Å². The van der Waals surface area contributed by atoms with Crippen molar-refractivity contribution in [2.24, 2.45) is 11.5 Å². The fourth-order valence-electron chi connectivity index (χ4n) is 2.84. The van der Waals surface area contributed by atoms with Gasteiger partial charge in [-0.05, 0) is 18.4 Å². The third-order valence-corrected chi connectivity index (χ3v) is 4.17. The first-order valence-electron chi connectivity index (χ1n) is 6.24. The van der Waals surface area contributed by atoms with E-state index in [2.05, 4.69) is 31.2 Å². The van der Waals surface area contributed by atoms with Crippen molar-refractivity contribution in [1.29, 1.82) is 0 Å². The maximum atomic E-state index is 6.55. The molecule has 0 aromatic heterocycles. The Morgan fingerprint density at radius 2 is 1.94 bits per heavy atom. The average Bonchev–Trinajstić information content (AvgIpc) is 2.33. The van der Waals surface area contributed by atoms with Crippen LogP contribution in [0.5, 0.6) is 0 Å². The summed E-state index contributed by atoms with van der Waals surface area (Å²) in [5, 5.41) is 0. The van der Waals surface area contributed by atoms with Crippen LogP contribution < -0.4 is 11.5 Å². The predicted octanol–water partition coefficient (Wildman–Crippen LogP) is 2.39. The fraction of sp³-hybridized carbons (Fsp3) is 0.571. The molecule has 3 atom stereocenters. The molecule has 2 unspecified atom stereocenters. The van der Waals surface area contributed by atoms with Gasteiger partial charge in [-0.1, -0.05) is 50.1 Å². The van der Waals surface area contributed by atoms with E-state index in [-0.39, 0.29) is 11.6 Å². The average molecular weight is 218 g/mol. The number of nitrogens with two attached hydrogens (primary N) is 2. The highest BCUT2D eigenvalue weighted by Gasteiger charge is 2.40. The standard InChI is InChI=1S/C14H22N2/c1-11(12-7-3-2-4-8-12)14(16)10-6-5-9-13(14)15/h2-4,7-8,11,13H,5-6,9-10,15-16H2,1H3/t11-,13?,14?/m1/s1. The van der Waals surface area contributed by atoms with Gasteiger partial charge < -0.3 is 11.5 Å². The van der Waals surface area contributed by atoms with Crippen molar-refractivity contribution in [3.63, 3.8) is 0 Å². The van der Waals surface area contributed by atoms with Gasteiger partial charge in [0.2, 0.25) is 0 Å². The van der Waals surface area contributed by atoms with Crippen LogP contribution in [0.4, 0.5) is 0 Å². The molecule has 0 bridgehead atoms. The molecule has 0 amide bonds. The minimum absolute atomic E-state index is 0.136. The van der Waals surface area contributed by atoms with Gasteiger partial charge in [0, 0.05) is 17.5 Å². The van der Waals surface area contributed by atoms with E-state index >= 15 is 0 Å². The number of hydrogen-bond donors (Lipinski definition) is 2. The van der Waals surface area contributed by atoms with E-state index in [4.69, 9.17) is 11.5 Å². The molecule has 4 N–H and O–H groups in total. The van der Waals surface area contributed by atoms with Crippen LogP contribution in [0.2, 0.25) is 0 Å². The van der Waals surface area contributed by atoms with Gasteiger partial charge in [-0.3, -0.25) is 0 Å². The van der Waals surface area contributed by atoms with Crippen molar-refractivity contribution in [2.75, 3.05) is 0 Å². The zero-order valence-electron chi connectivity index (χ0n) is 10.0. The molecule has 1 fully saturated rings. The first kappa shape index (κ1) is 11.6. The summed E-state index contributed by atoms with van der Waals surface area (Å²) in [5.74, 6) is 0.337. The molecule has 0 saturated heterocycles. The number of benzene rings is 1. The van der Waals surface area contributed by atoms with Crippen LogP contribution in [0.1, 0.15) is 44.1 Å². The first-order valence-corrected chi connectivity index (χ1v) is 6.24. The summed E-state index contributed by atoms with van der Waals surface area (Å²) in [6.07, 6.45) is 4.54. The van der Waals surface area contributed by atoms with Crippen LogP contribution in [0.15, 0.2) is 30.3 Å². The number of rotatable bonds is 2. The summed E-state index contributed by atoms with van der Waals surface area (Å²) < 4.78 is 0. The summed E-state index contributed by atoms with van der Waals surface area (Å²) in [7, 11) is 0. The van der Waals surface area contributed by atoms with Gasteiger partial charge in [0.1, 0.15) is 0 Å². The van der Waals surface area contributed by atoms with Gasteiger partial charge in [-0.2, -0.15) is 0 Å². The molecule has 2 heteroatoms.